The van der Waals surface area contributed by atoms with E-state index in [2.05, 4.69) is 106 Å². The quantitative estimate of drug-likeness (QED) is 0.0261. The van der Waals surface area contributed by atoms with Crippen molar-refractivity contribution >= 4 is 17.9 Å². The zero-order valence-electron chi connectivity index (χ0n) is 51.7. The highest BCUT2D eigenvalue weighted by atomic mass is 16.6. The van der Waals surface area contributed by atoms with Gasteiger partial charge in [-0.2, -0.15) is 0 Å². The van der Waals surface area contributed by atoms with Gasteiger partial charge in [-0.05, 0) is 96.3 Å². The zero-order chi connectivity index (χ0) is 56.4. The highest BCUT2D eigenvalue weighted by Gasteiger charge is 2.19. The lowest BCUT2D eigenvalue weighted by atomic mass is 10.0. The molecular formula is C72H126O6. The maximum absolute atomic E-state index is 12.9. The number of carbonyl (C=O) groups is 3. The number of rotatable bonds is 61. The predicted molar refractivity (Wildman–Crippen MR) is 339 cm³/mol. The number of allylic oxidation sites excluding steroid dienone is 14. The first-order chi connectivity index (χ1) is 38.5. The van der Waals surface area contributed by atoms with E-state index in [-0.39, 0.29) is 31.1 Å². The molecule has 0 aromatic heterocycles. The van der Waals surface area contributed by atoms with Crippen LogP contribution in [0.4, 0.5) is 0 Å². The minimum atomic E-state index is -0.774. The van der Waals surface area contributed by atoms with Gasteiger partial charge in [0.25, 0.3) is 0 Å². The van der Waals surface area contributed by atoms with Crippen LogP contribution < -0.4 is 0 Å². The molecule has 0 bridgehead atoms. The third kappa shape index (κ3) is 63.4. The SMILES string of the molecule is CC/C=C\C/C=C\C/C=C\C/C=C\C/C=C\CCCCCCCCCCCCCCCCCCCC(=O)OCC(COC(=O)CCCCCCCCCC)OC(=O)CCCCCCCCCCC/C=C\C/C=C\CCCCC. The molecule has 0 radical (unpaired) electrons. The van der Waals surface area contributed by atoms with E-state index in [1.54, 1.807) is 0 Å². The molecule has 0 spiro atoms. The molecule has 0 aliphatic heterocycles. The lowest BCUT2D eigenvalue weighted by molar-refractivity contribution is -0.167. The van der Waals surface area contributed by atoms with Crippen LogP contribution in [-0.2, 0) is 28.6 Å². The van der Waals surface area contributed by atoms with Gasteiger partial charge in [0.1, 0.15) is 13.2 Å². The molecule has 0 N–H and O–H groups in total. The number of unbranched alkanes of at least 4 members (excludes halogenated alkanes) is 36. The van der Waals surface area contributed by atoms with Crippen molar-refractivity contribution in [3.8, 4) is 0 Å². The minimum absolute atomic E-state index is 0.0734. The molecule has 1 unspecified atom stereocenters. The fraction of sp³-hybridized carbons (Fsp3) is 0.764. The van der Waals surface area contributed by atoms with Gasteiger partial charge in [0.15, 0.2) is 6.10 Å². The van der Waals surface area contributed by atoms with Gasteiger partial charge in [0, 0.05) is 19.3 Å². The van der Waals surface area contributed by atoms with Crippen LogP contribution in [0.2, 0.25) is 0 Å². The molecule has 0 aliphatic rings. The molecule has 0 rings (SSSR count). The van der Waals surface area contributed by atoms with Gasteiger partial charge in [-0.15, -0.1) is 0 Å². The molecule has 0 saturated carbocycles. The van der Waals surface area contributed by atoms with Crippen molar-refractivity contribution in [2.24, 2.45) is 0 Å². The number of carbonyl (C=O) groups excluding carboxylic acids is 3. The van der Waals surface area contributed by atoms with Gasteiger partial charge >= 0.3 is 17.9 Å². The molecule has 78 heavy (non-hydrogen) atoms. The van der Waals surface area contributed by atoms with Gasteiger partial charge in [0.05, 0.1) is 0 Å². The molecule has 0 fully saturated rings. The Labute approximate surface area is 484 Å². The number of hydrogen-bond donors (Lipinski definition) is 0. The van der Waals surface area contributed by atoms with E-state index < -0.39 is 6.10 Å². The zero-order valence-corrected chi connectivity index (χ0v) is 51.7. The molecular weight excluding hydrogens is 961 g/mol. The topological polar surface area (TPSA) is 78.9 Å². The molecule has 6 heteroatoms. The summed E-state index contributed by atoms with van der Waals surface area (Å²) in [6.07, 6.45) is 87.7. The second kappa shape index (κ2) is 66.1. The smallest absolute Gasteiger partial charge is 0.306 e. The Balaban J connectivity index is 4.06. The Hall–Kier alpha value is -3.41. The van der Waals surface area contributed by atoms with Crippen LogP contribution in [0.25, 0.3) is 0 Å². The third-order valence-electron chi connectivity index (χ3n) is 14.6. The van der Waals surface area contributed by atoms with Crippen molar-refractivity contribution in [3.05, 3.63) is 85.1 Å². The van der Waals surface area contributed by atoms with Crippen molar-refractivity contribution in [1.29, 1.82) is 0 Å². The van der Waals surface area contributed by atoms with E-state index in [9.17, 15) is 14.4 Å². The largest absolute Gasteiger partial charge is 0.462 e. The first-order valence-electron chi connectivity index (χ1n) is 33.6. The first kappa shape index (κ1) is 74.6. The molecule has 0 aromatic rings. The third-order valence-corrected chi connectivity index (χ3v) is 14.6. The second-order valence-corrected chi connectivity index (χ2v) is 22.4. The highest BCUT2D eigenvalue weighted by Crippen LogP contribution is 2.17. The average Bonchev–Trinajstić information content (AvgIpc) is 3.44. The predicted octanol–water partition coefficient (Wildman–Crippen LogP) is 23.1. The van der Waals surface area contributed by atoms with E-state index in [0.29, 0.717) is 19.3 Å². The van der Waals surface area contributed by atoms with Crippen LogP contribution in [0, 0.1) is 0 Å². The van der Waals surface area contributed by atoms with Gasteiger partial charge < -0.3 is 14.2 Å². The lowest BCUT2D eigenvalue weighted by Gasteiger charge is -2.18. The van der Waals surface area contributed by atoms with Gasteiger partial charge in [-0.3, -0.25) is 14.4 Å². The summed E-state index contributed by atoms with van der Waals surface area (Å²) in [5.74, 6) is -0.867. The molecule has 450 valence electrons. The van der Waals surface area contributed by atoms with Gasteiger partial charge in [-0.1, -0.05) is 305 Å². The summed E-state index contributed by atoms with van der Waals surface area (Å²) in [6.45, 7) is 6.50. The van der Waals surface area contributed by atoms with Gasteiger partial charge in [-0.25, -0.2) is 0 Å². The summed E-state index contributed by atoms with van der Waals surface area (Å²) < 4.78 is 16.9. The number of hydrogen-bond acceptors (Lipinski definition) is 6. The maximum Gasteiger partial charge on any atom is 0.306 e. The summed E-state index contributed by atoms with van der Waals surface area (Å²) in [6, 6.07) is 0. The van der Waals surface area contributed by atoms with Crippen LogP contribution >= 0.6 is 0 Å². The molecule has 0 saturated heterocycles. The van der Waals surface area contributed by atoms with E-state index in [4.69, 9.17) is 14.2 Å². The summed E-state index contributed by atoms with van der Waals surface area (Å²) >= 11 is 0. The van der Waals surface area contributed by atoms with Crippen molar-refractivity contribution in [2.45, 2.75) is 341 Å². The molecule has 1 atom stereocenters. The molecule has 0 heterocycles. The Morgan fingerprint density at radius 2 is 0.500 bits per heavy atom. The maximum atomic E-state index is 12.9. The van der Waals surface area contributed by atoms with Crippen LogP contribution in [0.3, 0.4) is 0 Å². The number of ether oxygens (including phenoxy) is 3. The van der Waals surface area contributed by atoms with Crippen LogP contribution in [-0.4, -0.2) is 37.2 Å². The Bertz CT molecular complexity index is 1480. The lowest BCUT2D eigenvalue weighted by Crippen LogP contribution is -2.30. The monoisotopic (exact) mass is 1090 g/mol. The Morgan fingerprint density at radius 3 is 0.808 bits per heavy atom. The molecule has 0 amide bonds. The average molecular weight is 1090 g/mol. The first-order valence-corrected chi connectivity index (χ1v) is 33.6. The van der Waals surface area contributed by atoms with E-state index in [0.717, 1.165) is 96.3 Å². The van der Waals surface area contributed by atoms with E-state index >= 15 is 0 Å². The molecule has 0 aliphatic carbocycles. The Kier molecular flexibility index (Phi) is 63.2. The molecule has 0 aromatic carbocycles. The van der Waals surface area contributed by atoms with Crippen molar-refractivity contribution in [3.63, 3.8) is 0 Å². The summed E-state index contributed by atoms with van der Waals surface area (Å²) in [5, 5.41) is 0. The van der Waals surface area contributed by atoms with Crippen LogP contribution in [0.1, 0.15) is 335 Å². The Morgan fingerprint density at radius 1 is 0.269 bits per heavy atom. The fourth-order valence-electron chi connectivity index (χ4n) is 9.62. The van der Waals surface area contributed by atoms with Crippen molar-refractivity contribution < 1.29 is 28.6 Å². The standard InChI is InChI=1S/C72H126O6/c1-4-7-10-13-16-19-21-23-25-27-29-30-31-32-33-34-35-36-37-38-39-40-41-42-44-45-47-49-51-53-56-59-62-65-71(74)77-68-69(67-76-70(73)64-61-58-55-18-15-12-9-6-3)78-72(75)66-63-60-57-54-52-50-48-46-43-28-26-24-22-20-17-14-11-8-5-2/h7,10,16-17,19-20,23-26,29-30,32-33,69H,4-6,8-9,11-15,18,21-22,27-28,31,34-68H2,1-3H3/b10-7-,19-16-,20-17-,25-23-,26-24-,30-29-,33-32-. The summed E-state index contributed by atoms with van der Waals surface area (Å²) in [5.41, 5.74) is 0. The highest BCUT2D eigenvalue weighted by molar-refractivity contribution is 5.71. The second-order valence-electron chi connectivity index (χ2n) is 22.4. The summed E-state index contributed by atoms with van der Waals surface area (Å²) in [7, 11) is 0. The van der Waals surface area contributed by atoms with Crippen LogP contribution in [0.5, 0.6) is 0 Å². The van der Waals surface area contributed by atoms with E-state index in [1.807, 2.05) is 0 Å². The minimum Gasteiger partial charge on any atom is -0.462 e. The van der Waals surface area contributed by atoms with E-state index in [1.165, 1.54) is 199 Å². The van der Waals surface area contributed by atoms with Crippen molar-refractivity contribution in [2.75, 3.05) is 13.2 Å². The summed E-state index contributed by atoms with van der Waals surface area (Å²) in [4.78, 5) is 38.2. The van der Waals surface area contributed by atoms with Crippen LogP contribution in [0.15, 0.2) is 85.1 Å². The normalized spacial score (nSPS) is 12.6. The number of esters is 3. The fourth-order valence-corrected chi connectivity index (χ4v) is 9.62. The molecule has 6 nitrogen and oxygen atoms in total. The van der Waals surface area contributed by atoms with Crippen molar-refractivity contribution in [1.82, 2.24) is 0 Å². The van der Waals surface area contributed by atoms with Gasteiger partial charge in [0.2, 0.25) is 0 Å².